The number of benzene rings is 3. The average Bonchev–Trinajstić information content (AvgIpc) is 2.92. The standard InChI is InChI=1S/C28H33N3O4S/c1-35-26-13-15-27(16-14-26)36(33,34)31(25-11-4-2-5-12-25)22-28(32)29-20-23-9-8-10-24(19-23)21-30-17-6-3-7-18-30/h2,4-5,8-16,19H,3,6-7,17-18,20-22H2,1H3,(H,29,32). The fraction of sp³-hybridized carbons (Fsp3) is 0.321. The van der Waals surface area contributed by atoms with E-state index in [1.165, 1.54) is 44.1 Å². The van der Waals surface area contributed by atoms with E-state index in [2.05, 4.69) is 22.3 Å². The maximum absolute atomic E-state index is 13.5. The number of carbonyl (C=O) groups is 1. The number of methoxy groups -OCH3 is 1. The average molecular weight is 508 g/mol. The maximum atomic E-state index is 13.5. The largest absolute Gasteiger partial charge is 0.497 e. The summed E-state index contributed by atoms with van der Waals surface area (Å²) in [6, 6.07) is 23.0. The summed E-state index contributed by atoms with van der Waals surface area (Å²) in [4.78, 5) is 15.5. The monoisotopic (exact) mass is 507 g/mol. The fourth-order valence-electron chi connectivity index (χ4n) is 4.38. The van der Waals surface area contributed by atoms with Crippen LogP contribution in [0.5, 0.6) is 5.75 Å². The first-order valence-corrected chi connectivity index (χ1v) is 13.7. The number of sulfonamides is 1. The summed E-state index contributed by atoms with van der Waals surface area (Å²) in [5.41, 5.74) is 2.63. The molecule has 3 aromatic carbocycles. The van der Waals surface area contributed by atoms with Gasteiger partial charge in [0.05, 0.1) is 17.7 Å². The number of hydrogen-bond donors (Lipinski definition) is 1. The predicted molar refractivity (Wildman–Crippen MR) is 141 cm³/mol. The minimum atomic E-state index is -3.97. The van der Waals surface area contributed by atoms with Crippen LogP contribution in [0.15, 0.2) is 83.8 Å². The molecule has 0 atom stereocenters. The van der Waals surface area contributed by atoms with Crippen molar-refractivity contribution in [2.24, 2.45) is 0 Å². The van der Waals surface area contributed by atoms with Crippen molar-refractivity contribution >= 4 is 21.6 Å². The van der Waals surface area contributed by atoms with E-state index in [1.807, 2.05) is 12.1 Å². The molecule has 1 heterocycles. The fourth-order valence-corrected chi connectivity index (χ4v) is 5.81. The smallest absolute Gasteiger partial charge is 0.264 e. The zero-order valence-electron chi connectivity index (χ0n) is 20.6. The van der Waals surface area contributed by atoms with Gasteiger partial charge < -0.3 is 10.1 Å². The molecular weight excluding hydrogens is 474 g/mol. The molecule has 1 fully saturated rings. The number of carbonyl (C=O) groups excluding carboxylic acids is 1. The Morgan fingerprint density at radius 2 is 1.61 bits per heavy atom. The lowest BCUT2D eigenvalue weighted by atomic mass is 10.1. The maximum Gasteiger partial charge on any atom is 0.264 e. The molecule has 0 spiro atoms. The number of nitrogens with zero attached hydrogens (tertiary/aromatic N) is 2. The second kappa shape index (κ2) is 12.1. The van der Waals surface area contributed by atoms with Gasteiger partial charge in [-0.2, -0.15) is 0 Å². The molecule has 7 nitrogen and oxygen atoms in total. The van der Waals surface area contributed by atoms with E-state index in [0.717, 1.165) is 29.5 Å². The van der Waals surface area contributed by atoms with Crippen LogP contribution >= 0.6 is 0 Å². The van der Waals surface area contributed by atoms with Crippen LogP contribution in [0.4, 0.5) is 5.69 Å². The van der Waals surface area contributed by atoms with Crippen LogP contribution in [0.25, 0.3) is 0 Å². The van der Waals surface area contributed by atoms with Crippen molar-refractivity contribution in [2.45, 2.75) is 37.2 Å². The molecule has 0 unspecified atom stereocenters. The van der Waals surface area contributed by atoms with E-state index in [-0.39, 0.29) is 17.3 Å². The Balaban J connectivity index is 1.44. The molecule has 1 saturated heterocycles. The molecular formula is C28H33N3O4S. The molecule has 1 N–H and O–H groups in total. The highest BCUT2D eigenvalue weighted by atomic mass is 32.2. The number of amides is 1. The Morgan fingerprint density at radius 3 is 2.31 bits per heavy atom. The first-order valence-electron chi connectivity index (χ1n) is 12.2. The summed E-state index contributed by atoms with van der Waals surface area (Å²) in [5.74, 6) is 0.179. The number of likely N-dealkylation sites (tertiary alicyclic amines) is 1. The van der Waals surface area contributed by atoms with Crippen LogP contribution in [0.1, 0.15) is 30.4 Å². The second-order valence-electron chi connectivity index (χ2n) is 8.96. The number of anilines is 1. The normalized spacial score (nSPS) is 14.2. The van der Waals surface area contributed by atoms with Crippen molar-refractivity contribution in [1.82, 2.24) is 10.2 Å². The molecule has 36 heavy (non-hydrogen) atoms. The molecule has 1 aliphatic rings. The molecule has 0 saturated carbocycles. The van der Waals surface area contributed by atoms with Gasteiger partial charge in [0.25, 0.3) is 10.0 Å². The molecule has 1 amide bonds. The first-order chi connectivity index (χ1) is 17.5. The van der Waals surface area contributed by atoms with Gasteiger partial charge in [-0.15, -0.1) is 0 Å². The number of piperidine rings is 1. The van der Waals surface area contributed by atoms with Crippen molar-refractivity contribution in [3.8, 4) is 5.75 Å². The van der Waals surface area contributed by atoms with Crippen molar-refractivity contribution in [2.75, 3.05) is 31.0 Å². The highest BCUT2D eigenvalue weighted by Gasteiger charge is 2.27. The molecule has 3 aromatic rings. The SMILES string of the molecule is COc1ccc(S(=O)(=O)N(CC(=O)NCc2cccc(CN3CCCCC3)c2)c2ccccc2)cc1. The van der Waals surface area contributed by atoms with E-state index < -0.39 is 10.0 Å². The van der Waals surface area contributed by atoms with Gasteiger partial charge in [-0.1, -0.05) is 48.9 Å². The summed E-state index contributed by atoms with van der Waals surface area (Å²) >= 11 is 0. The second-order valence-corrected chi connectivity index (χ2v) is 10.8. The van der Waals surface area contributed by atoms with Gasteiger partial charge in [0.2, 0.25) is 5.91 Å². The zero-order valence-corrected chi connectivity index (χ0v) is 21.4. The predicted octanol–water partition coefficient (Wildman–Crippen LogP) is 4.19. The third-order valence-corrected chi connectivity index (χ3v) is 8.10. The zero-order chi connectivity index (χ0) is 25.4. The highest BCUT2D eigenvalue weighted by molar-refractivity contribution is 7.92. The van der Waals surface area contributed by atoms with E-state index in [1.54, 1.807) is 42.5 Å². The molecule has 0 radical (unpaired) electrons. The Bertz CT molecular complexity index is 1240. The Kier molecular flexibility index (Phi) is 8.61. The van der Waals surface area contributed by atoms with Crippen molar-refractivity contribution in [3.63, 3.8) is 0 Å². The number of hydrogen-bond acceptors (Lipinski definition) is 5. The van der Waals surface area contributed by atoms with Gasteiger partial charge in [-0.3, -0.25) is 14.0 Å². The highest BCUT2D eigenvalue weighted by Crippen LogP contribution is 2.25. The molecule has 190 valence electrons. The number of rotatable bonds is 10. The minimum Gasteiger partial charge on any atom is -0.497 e. The van der Waals surface area contributed by atoms with E-state index in [9.17, 15) is 13.2 Å². The van der Waals surface area contributed by atoms with E-state index in [0.29, 0.717) is 18.0 Å². The van der Waals surface area contributed by atoms with Crippen LogP contribution in [-0.4, -0.2) is 46.0 Å². The Morgan fingerprint density at radius 1 is 0.917 bits per heavy atom. The topological polar surface area (TPSA) is 79.0 Å². The third-order valence-electron chi connectivity index (χ3n) is 6.31. The molecule has 1 aliphatic heterocycles. The number of nitrogens with one attached hydrogen (secondary N) is 1. The van der Waals surface area contributed by atoms with E-state index >= 15 is 0 Å². The van der Waals surface area contributed by atoms with Crippen molar-refractivity contribution in [3.05, 3.63) is 90.0 Å². The summed E-state index contributed by atoms with van der Waals surface area (Å²) in [6.45, 7) is 3.16. The molecule has 0 aliphatic carbocycles. The lowest BCUT2D eigenvalue weighted by Crippen LogP contribution is -2.40. The van der Waals surface area contributed by atoms with E-state index in [4.69, 9.17) is 4.74 Å². The van der Waals surface area contributed by atoms with Gasteiger partial charge in [-0.25, -0.2) is 8.42 Å². The van der Waals surface area contributed by atoms with Gasteiger partial charge in [0.15, 0.2) is 0 Å². The quantitative estimate of drug-likeness (QED) is 0.445. The molecule has 0 bridgehead atoms. The Labute approximate surface area is 213 Å². The lowest BCUT2D eigenvalue weighted by Gasteiger charge is -2.26. The number of ether oxygens (including phenoxy) is 1. The summed E-state index contributed by atoms with van der Waals surface area (Å²) in [5, 5.41) is 2.89. The molecule has 8 heteroatoms. The summed E-state index contributed by atoms with van der Waals surface area (Å²) in [7, 11) is -2.45. The van der Waals surface area contributed by atoms with Gasteiger partial charge in [-0.05, 0) is 73.5 Å². The lowest BCUT2D eigenvalue weighted by molar-refractivity contribution is -0.119. The van der Waals surface area contributed by atoms with Crippen molar-refractivity contribution < 1.29 is 17.9 Å². The Hall–Kier alpha value is -3.36. The van der Waals surface area contributed by atoms with Crippen LogP contribution in [0.3, 0.4) is 0 Å². The third kappa shape index (κ3) is 6.65. The summed E-state index contributed by atoms with van der Waals surface area (Å²) < 4.78 is 33.2. The van der Waals surface area contributed by atoms with Gasteiger partial charge in [0, 0.05) is 13.1 Å². The minimum absolute atomic E-state index is 0.0883. The molecule has 0 aromatic heterocycles. The van der Waals surface area contributed by atoms with Crippen LogP contribution < -0.4 is 14.4 Å². The molecule has 4 rings (SSSR count). The van der Waals surface area contributed by atoms with Crippen LogP contribution in [0, 0.1) is 0 Å². The van der Waals surface area contributed by atoms with Crippen molar-refractivity contribution in [1.29, 1.82) is 0 Å². The number of para-hydroxylation sites is 1. The van der Waals surface area contributed by atoms with Crippen LogP contribution in [0.2, 0.25) is 0 Å². The summed E-state index contributed by atoms with van der Waals surface area (Å²) in [6.07, 6.45) is 3.79. The van der Waals surface area contributed by atoms with Crippen LogP contribution in [-0.2, 0) is 27.9 Å². The van der Waals surface area contributed by atoms with Gasteiger partial charge >= 0.3 is 0 Å². The van der Waals surface area contributed by atoms with Gasteiger partial charge in [0.1, 0.15) is 12.3 Å². The first kappa shape index (κ1) is 25.7.